The first kappa shape index (κ1) is 14.4. The van der Waals surface area contributed by atoms with Crippen molar-refractivity contribution in [3.05, 3.63) is 23.3 Å². The number of rotatable bonds is 6. The van der Waals surface area contributed by atoms with E-state index in [-0.39, 0.29) is 6.61 Å². The second-order valence-corrected chi connectivity index (χ2v) is 4.83. The van der Waals surface area contributed by atoms with Gasteiger partial charge in [0.2, 0.25) is 0 Å². The molecule has 1 heterocycles. The van der Waals surface area contributed by atoms with Crippen LogP contribution >= 0.6 is 0 Å². The van der Waals surface area contributed by atoms with Gasteiger partial charge < -0.3 is 14.6 Å². The van der Waals surface area contributed by atoms with E-state index in [1.165, 1.54) is 11.1 Å². The van der Waals surface area contributed by atoms with E-state index in [1.54, 1.807) is 0 Å². The minimum atomic E-state index is -0.443. The maximum Gasteiger partial charge on any atom is 0.172 e. The maximum atomic E-state index is 8.82. The molecule has 0 unspecified atom stereocenters. The van der Waals surface area contributed by atoms with E-state index >= 15 is 0 Å². The lowest BCUT2D eigenvalue weighted by atomic mass is 10.0. The lowest BCUT2D eigenvalue weighted by Crippen LogP contribution is -2.29. The molecule has 1 aliphatic rings. The van der Waals surface area contributed by atoms with E-state index in [1.807, 2.05) is 13.0 Å². The predicted octanol–water partition coefficient (Wildman–Crippen LogP) is 2.80. The van der Waals surface area contributed by atoms with Crippen LogP contribution in [0.25, 0.3) is 0 Å². The topological polar surface area (TPSA) is 38.7 Å². The van der Waals surface area contributed by atoms with Crippen molar-refractivity contribution < 1.29 is 14.6 Å². The molecule has 1 fully saturated rings. The molecule has 1 aliphatic heterocycles. The molecule has 1 rings (SSSR count). The highest BCUT2D eigenvalue weighted by Gasteiger charge is 2.34. The number of hydrogen-bond acceptors (Lipinski definition) is 3. The van der Waals surface area contributed by atoms with E-state index in [0.717, 1.165) is 19.3 Å². The fourth-order valence-corrected chi connectivity index (χ4v) is 1.87. The Morgan fingerprint density at radius 2 is 1.82 bits per heavy atom. The Bertz CT molecular complexity index is 282. The van der Waals surface area contributed by atoms with Gasteiger partial charge in [-0.25, -0.2) is 0 Å². The first-order valence-electron chi connectivity index (χ1n) is 6.26. The molecule has 3 heteroatoms. The molecule has 1 N–H and O–H groups in total. The molecule has 0 saturated carbocycles. The van der Waals surface area contributed by atoms with Crippen LogP contribution in [0.2, 0.25) is 0 Å². The summed E-state index contributed by atoms with van der Waals surface area (Å²) in [5.41, 5.74) is 2.47. The summed E-state index contributed by atoms with van der Waals surface area (Å²) in [5, 5.41) is 8.82. The zero-order chi connectivity index (χ0) is 12.7. The van der Waals surface area contributed by atoms with Crippen LogP contribution in [0, 0.1) is 0 Å². The molecule has 0 aromatic rings. The third-order valence-corrected chi connectivity index (χ3v) is 2.97. The molecule has 0 atom stereocenters. The van der Waals surface area contributed by atoms with E-state index in [4.69, 9.17) is 14.6 Å². The van der Waals surface area contributed by atoms with Crippen molar-refractivity contribution >= 4 is 0 Å². The summed E-state index contributed by atoms with van der Waals surface area (Å²) in [6, 6.07) is 0. The molecule has 0 aromatic heterocycles. The van der Waals surface area contributed by atoms with Gasteiger partial charge in [0.1, 0.15) is 0 Å². The lowest BCUT2D eigenvalue weighted by Gasteiger charge is -2.26. The fraction of sp³-hybridized carbons (Fsp3) is 0.714. The van der Waals surface area contributed by atoms with Crippen LogP contribution in [0.4, 0.5) is 0 Å². The molecular formula is C14H24O3. The van der Waals surface area contributed by atoms with Gasteiger partial charge in [0.05, 0.1) is 19.8 Å². The summed E-state index contributed by atoms with van der Waals surface area (Å²) >= 11 is 0. The van der Waals surface area contributed by atoms with Gasteiger partial charge in [-0.05, 0) is 27.2 Å². The molecule has 0 spiro atoms. The highest BCUT2D eigenvalue weighted by molar-refractivity contribution is 5.01. The van der Waals surface area contributed by atoms with Gasteiger partial charge in [-0.15, -0.1) is 0 Å². The van der Waals surface area contributed by atoms with Crippen molar-refractivity contribution in [3.63, 3.8) is 0 Å². The van der Waals surface area contributed by atoms with Gasteiger partial charge in [-0.3, -0.25) is 0 Å². The molecule has 3 nitrogen and oxygen atoms in total. The first-order chi connectivity index (χ1) is 8.08. The average molecular weight is 240 g/mol. The highest BCUT2D eigenvalue weighted by Crippen LogP contribution is 2.30. The van der Waals surface area contributed by atoms with Crippen LogP contribution in [-0.2, 0) is 9.47 Å². The molecular weight excluding hydrogens is 216 g/mol. The Balaban J connectivity index is 2.53. The van der Waals surface area contributed by atoms with E-state index in [2.05, 4.69) is 19.9 Å². The Morgan fingerprint density at radius 1 is 1.18 bits per heavy atom. The third-order valence-electron chi connectivity index (χ3n) is 2.97. The highest BCUT2D eigenvalue weighted by atomic mass is 16.7. The van der Waals surface area contributed by atoms with Gasteiger partial charge >= 0.3 is 0 Å². The van der Waals surface area contributed by atoms with Crippen molar-refractivity contribution in [1.82, 2.24) is 0 Å². The average Bonchev–Trinajstić information content (AvgIpc) is 2.74. The maximum absolute atomic E-state index is 8.82. The predicted molar refractivity (Wildman–Crippen MR) is 68.8 cm³/mol. The molecule has 0 bridgehead atoms. The standard InChI is InChI=1S/C14H24O3/c1-12(2)4-7-14(16-10-11-17-14)8-5-13(3)6-9-15/h4,6,15H,5,7-11H2,1-3H3. The largest absolute Gasteiger partial charge is 0.392 e. The number of aliphatic hydroxyl groups excluding tert-OH is 1. The molecule has 1 saturated heterocycles. The summed E-state index contributed by atoms with van der Waals surface area (Å²) in [7, 11) is 0. The van der Waals surface area contributed by atoms with Gasteiger partial charge in [-0.2, -0.15) is 0 Å². The Kier molecular flexibility index (Phi) is 5.89. The van der Waals surface area contributed by atoms with E-state index < -0.39 is 5.79 Å². The molecule has 98 valence electrons. The number of hydrogen-bond donors (Lipinski definition) is 1. The van der Waals surface area contributed by atoms with Crippen molar-refractivity contribution in [2.75, 3.05) is 19.8 Å². The molecule has 0 radical (unpaired) electrons. The van der Waals surface area contributed by atoms with E-state index in [9.17, 15) is 0 Å². The van der Waals surface area contributed by atoms with Crippen LogP contribution in [-0.4, -0.2) is 30.7 Å². The number of allylic oxidation sites excluding steroid dienone is 2. The zero-order valence-electron chi connectivity index (χ0n) is 11.2. The molecule has 0 amide bonds. The smallest absolute Gasteiger partial charge is 0.172 e. The van der Waals surface area contributed by atoms with Gasteiger partial charge in [0, 0.05) is 12.8 Å². The van der Waals surface area contributed by atoms with Crippen LogP contribution in [0.5, 0.6) is 0 Å². The monoisotopic (exact) mass is 240 g/mol. The summed E-state index contributed by atoms with van der Waals surface area (Å²) < 4.78 is 11.5. The van der Waals surface area contributed by atoms with Gasteiger partial charge in [0.15, 0.2) is 5.79 Å². The third kappa shape index (κ3) is 5.02. The SMILES string of the molecule is CC(C)=CCC1(CCC(C)=CCO)OCCO1. The lowest BCUT2D eigenvalue weighted by molar-refractivity contribution is -0.158. The van der Waals surface area contributed by atoms with Crippen LogP contribution in [0.3, 0.4) is 0 Å². The summed E-state index contributed by atoms with van der Waals surface area (Å²) in [4.78, 5) is 0. The van der Waals surface area contributed by atoms with Gasteiger partial charge in [-0.1, -0.05) is 23.3 Å². The Hall–Kier alpha value is -0.640. The molecule has 17 heavy (non-hydrogen) atoms. The van der Waals surface area contributed by atoms with Crippen LogP contribution in [0.1, 0.15) is 40.0 Å². The summed E-state index contributed by atoms with van der Waals surface area (Å²) in [5.74, 6) is -0.443. The van der Waals surface area contributed by atoms with E-state index in [0.29, 0.717) is 13.2 Å². The second kappa shape index (κ2) is 6.94. The van der Waals surface area contributed by atoms with Crippen molar-refractivity contribution in [2.45, 2.75) is 45.8 Å². The molecule has 0 aromatic carbocycles. The fourth-order valence-electron chi connectivity index (χ4n) is 1.87. The van der Waals surface area contributed by atoms with Crippen LogP contribution < -0.4 is 0 Å². The summed E-state index contributed by atoms with van der Waals surface area (Å²) in [6.07, 6.45) is 6.55. The molecule has 0 aliphatic carbocycles. The minimum Gasteiger partial charge on any atom is -0.392 e. The van der Waals surface area contributed by atoms with Crippen molar-refractivity contribution in [2.24, 2.45) is 0 Å². The Labute approximate surface area is 104 Å². The quantitative estimate of drug-likeness (QED) is 0.726. The first-order valence-corrected chi connectivity index (χ1v) is 6.26. The summed E-state index contributed by atoms with van der Waals surface area (Å²) in [6.45, 7) is 7.66. The number of aliphatic hydroxyl groups is 1. The normalized spacial score (nSPS) is 19.4. The Morgan fingerprint density at radius 3 is 2.35 bits per heavy atom. The van der Waals surface area contributed by atoms with Gasteiger partial charge in [0.25, 0.3) is 0 Å². The van der Waals surface area contributed by atoms with Crippen molar-refractivity contribution in [3.8, 4) is 0 Å². The zero-order valence-corrected chi connectivity index (χ0v) is 11.2. The van der Waals surface area contributed by atoms with Crippen LogP contribution in [0.15, 0.2) is 23.3 Å². The number of ether oxygens (including phenoxy) is 2. The van der Waals surface area contributed by atoms with Crippen molar-refractivity contribution in [1.29, 1.82) is 0 Å². The second-order valence-electron chi connectivity index (χ2n) is 4.83. The minimum absolute atomic E-state index is 0.106.